The lowest BCUT2D eigenvalue weighted by atomic mass is 10.1. The lowest BCUT2D eigenvalue weighted by molar-refractivity contribution is 0.0642. The van der Waals surface area contributed by atoms with Crippen LogP contribution in [0.2, 0.25) is 0 Å². The van der Waals surface area contributed by atoms with E-state index < -0.39 is 0 Å². The van der Waals surface area contributed by atoms with E-state index in [1.54, 1.807) is 36.4 Å². The summed E-state index contributed by atoms with van der Waals surface area (Å²) in [6.07, 6.45) is 2.01. The van der Waals surface area contributed by atoms with Gasteiger partial charge in [0.05, 0.1) is 17.7 Å². The van der Waals surface area contributed by atoms with Gasteiger partial charge in [-0.1, -0.05) is 24.3 Å². The van der Waals surface area contributed by atoms with Crippen molar-refractivity contribution in [1.82, 2.24) is 15.1 Å². The highest BCUT2D eigenvalue weighted by Gasteiger charge is 2.35. The molecular formula is C22H23N3O3. The molecule has 0 aliphatic carbocycles. The molecule has 28 heavy (non-hydrogen) atoms. The van der Waals surface area contributed by atoms with Gasteiger partial charge >= 0.3 is 0 Å². The number of amides is 3. The summed E-state index contributed by atoms with van der Waals surface area (Å²) in [7, 11) is 1.89. The Bertz CT molecular complexity index is 905. The summed E-state index contributed by atoms with van der Waals surface area (Å²) in [5, 5.41) is 3.15. The molecule has 0 bridgehead atoms. The van der Waals surface area contributed by atoms with E-state index in [2.05, 4.69) is 5.32 Å². The zero-order chi connectivity index (χ0) is 19.7. The predicted molar refractivity (Wildman–Crippen MR) is 105 cm³/mol. The third-order valence-corrected chi connectivity index (χ3v) is 5.47. The van der Waals surface area contributed by atoms with E-state index in [0.717, 1.165) is 31.5 Å². The van der Waals surface area contributed by atoms with Crippen molar-refractivity contribution >= 4 is 17.7 Å². The summed E-state index contributed by atoms with van der Waals surface area (Å²) in [5.74, 6) is -0.570. The number of fused-ring (bicyclic) bond motifs is 1. The third kappa shape index (κ3) is 3.20. The van der Waals surface area contributed by atoms with Crippen LogP contribution in [0.1, 0.15) is 49.5 Å². The molecule has 144 valence electrons. The Morgan fingerprint density at radius 2 is 1.79 bits per heavy atom. The Kier molecular flexibility index (Phi) is 4.96. The van der Waals surface area contributed by atoms with Gasteiger partial charge in [-0.3, -0.25) is 19.3 Å². The van der Waals surface area contributed by atoms with Gasteiger partial charge in [-0.15, -0.1) is 0 Å². The van der Waals surface area contributed by atoms with Gasteiger partial charge in [0, 0.05) is 24.7 Å². The van der Waals surface area contributed by atoms with Crippen LogP contribution < -0.4 is 5.32 Å². The highest BCUT2D eigenvalue weighted by Crippen LogP contribution is 2.25. The number of imide groups is 1. The number of benzene rings is 2. The first-order valence-electron chi connectivity index (χ1n) is 9.60. The Hall–Kier alpha value is -2.99. The first-order valence-corrected chi connectivity index (χ1v) is 9.60. The fraction of sp³-hybridized carbons (Fsp3) is 0.318. The number of hydrogen-bond acceptors (Lipinski definition) is 4. The fourth-order valence-electron chi connectivity index (χ4n) is 4.08. The van der Waals surface area contributed by atoms with Crippen molar-refractivity contribution in [1.29, 1.82) is 0 Å². The monoisotopic (exact) mass is 377 g/mol. The Labute approximate surface area is 164 Å². The minimum Gasteiger partial charge on any atom is -0.334 e. The highest BCUT2D eigenvalue weighted by molar-refractivity contribution is 6.21. The fourth-order valence-corrected chi connectivity index (χ4v) is 4.08. The van der Waals surface area contributed by atoms with Crippen LogP contribution in [0.25, 0.3) is 0 Å². The largest absolute Gasteiger partial charge is 0.334 e. The van der Waals surface area contributed by atoms with E-state index in [4.69, 9.17) is 0 Å². The standard InChI is InChI=1S/C22H23N3O3/c1-23-13-17-8-5-11-24(17)20(26)16-7-4-6-15(12-16)14-25-21(27)18-9-2-3-10-19(18)22(25)28/h2-4,6-7,9-10,12,17,23H,5,8,11,13-14H2,1H3. The number of carbonyl (C=O) groups excluding carboxylic acids is 3. The second-order valence-corrected chi connectivity index (χ2v) is 7.29. The normalized spacial score (nSPS) is 18.7. The molecule has 6 heteroatoms. The number of likely N-dealkylation sites (N-methyl/N-ethyl adjacent to an activating group) is 1. The maximum absolute atomic E-state index is 13.0. The zero-order valence-corrected chi connectivity index (χ0v) is 15.9. The minimum absolute atomic E-state index is 0.00182. The van der Waals surface area contributed by atoms with Crippen molar-refractivity contribution in [2.75, 3.05) is 20.1 Å². The van der Waals surface area contributed by atoms with E-state index >= 15 is 0 Å². The smallest absolute Gasteiger partial charge is 0.261 e. The van der Waals surface area contributed by atoms with Crippen molar-refractivity contribution in [2.45, 2.75) is 25.4 Å². The first-order chi connectivity index (χ1) is 13.6. The molecule has 0 radical (unpaired) electrons. The lowest BCUT2D eigenvalue weighted by Crippen LogP contribution is -2.40. The molecule has 2 aliphatic rings. The average molecular weight is 377 g/mol. The van der Waals surface area contributed by atoms with Crippen LogP contribution >= 0.6 is 0 Å². The minimum atomic E-state index is -0.286. The summed E-state index contributed by atoms with van der Waals surface area (Å²) in [4.78, 5) is 41.3. The number of nitrogens with one attached hydrogen (secondary N) is 1. The molecule has 1 atom stereocenters. The maximum Gasteiger partial charge on any atom is 0.261 e. The van der Waals surface area contributed by atoms with Crippen molar-refractivity contribution in [3.63, 3.8) is 0 Å². The van der Waals surface area contributed by atoms with Crippen LogP contribution in [0.5, 0.6) is 0 Å². The second-order valence-electron chi connectivity index (χ2n) is 7.29. The summed E-state index contributed by atoms with van der Waals surface area (Å²) in [6, 6.07) is 14.3. The molecule has 2 heterocycles. The number of likely N-dealkylation sites (tertiary alicyclic amines) is 1. The molecule has 2 aliphatic heterocycles. The zero-order valence-electron chi connectivity index (χ0n) is 15.9. The average Bonchev–Trinajstić information content (AvgIpc) is 3.27. The molecule has 4 rings (SSSR count). The van der Waals surface area contributed by atoms with Crippen molar-refractivity contribution in [3.8, 4) is 0 Å². The Morgan fingerprint density at radius 3 is 2.46 bits per heavy atom. The number of hydrogen-bond donors (Lipinski definition) is 1. The predicted octanol–water partition coefficient (Wildman–Crippen LogP) is 2.31. The van der Waals surface area contributed by atoms with E-state index in [9.17, 15) is 14.4 Å². The highest BCUT2D eigenvalue weighted by atomic mass is 16.2. The summed E-state index contributed by atoms with van der Waals surface area (Å²) in [6.45, 7) is 1.70. The molecule has 1 N–H and O–H groups in total. The number of rotatable bonds is 5. The topological polar surface area (TPSA) is 69.7 Å². The van der Waals surface area contributed by atoms with Crippen LogP contribution in [-0.4, -0.2) is 53.7 Å². The van der Waals surface area contributed by atoms with Gasteiger partial charge in [-0.25, -0.2) is 0 Å². The van der Waals surface area contributed by atoms with Gasteiger partial charge in [-0.05, 0) is 49.7 Å². The van der Waals surface area contributed by atoms with Crippen molar-refractivity contribution < 1.29 is 14.4 Å². The Morgan fingerprint density at radius 1 is 1.07 bits per heavy atom. The summed E-state index contributed by atoms with van der Waals surface area (Å²) < 4.78 is 0. The van der Waals surface area contributed by atoms with E-state index in [1.807, 2.05) is 24.1 Å². The molecule has 2 aromatic carbocycles. The van der Waals surface area contributed by atoms with Crippen LogP contribution in [0, 0.1) is 0 Å². The molecule has 2 aromatic rings. The summed E-state index contributed by atoms with van der Waals surface area (Å²) >= 11 is 0. The summed E-state index contributed by atoms with van der Waals surface area (Å²) in [5.41, 5.74) is 2.24. The van der Waals surface area contributed by atoms with Crippen LogP contribution in [0.3, 0.4) is 0 Å². The van der Waals surface area contributed by atoms with Gasteiger partial charge in [0.15, 0.2) is 0 Å². The lowest BCUT2D eigenvalue weighted by Gasteiger charge is -2.25. The Balaban J connectivity index is 1.53. The van der Waals surface area contributed by atoms with Gasteiger partial charge in [-0.2, -0.15) is 0 Å². The quantitative estimate of drug-likeness (QED) is 0.812. The molecule has 1 unspecified atom stereocenters. The van der Waals surface area contributed by atoms with Crippen molar-refractivity contribution in [3.05, 3.63) is 70.8 Å². The molecule has 0 aromatic heterocycles. The van der Waals surface area contributed by atoms with Crippen LogP contribution in [0.4, 0.5) is 0 Å². The molecule has 1 fully saturated rings. The van der Waals surface area contributed by atoms with Gasteiger partial charge in [0.2, 0.25) is 0 Å². The second kappa shape index (κ2) is 7.56. The van der Waals surface area contributed by atoms with Gasteiger partial charge in [0.25, 0.3) is 17.7 Å². The number of nitrogens with zero attached hydrogens (tertiary/aromatic N) is 2. The van der Waals surface area contributed by atoms with Crippen LogP contribution in [0.15, 0.2) is 48.5 Å². The van der Waals surface area contributed by atoms with Gasteiger partial charge < -0.3 is 10.2 Å². The number of carbonyl (C=O) groups is 3. The van der Waals surface area contributed by atoms with Crippen molar-refractivity contribution in [2.24, 2.45) is 0 Å². The van der Waals surface area contributed by atoms with Crippen LogP contribution in [-0.2, 0) is 6.54 Å². The van der Waals surface area contributed by atoms with E-state index in [1.165, 1.54) is 4.90 Å². The first kappa shape index (κ1) is 18.4. The molecule has 6 nitrogen and oxygen atoms in total. The van der Waals surface area contributed by atoms with E-state index in [-0.39, 0.29) is 30.3 Å². The maximum atomic E-state index is 13.0. The SMILES string of the molecule is CNCC1CCCN1C(=O)c1cccc(CN2C(=O)c3ccccc3C2=O)c1. The molecule has 0 saturated carbocycles. The van der Waals surface area contributed by atoms with E-state index in [0.29, 0.717) is 16.7 Å². The molecular weight excluding hydrogens is 354 g/mol. The third-order valence-electron chi connectivity index (χ3n) is 5.47. The molecule has 1 saturated heterocycles. The molecule has 0 spiro atoms. The van der Waals surface area contributed by atoms with Gasteiger partial charge in [0.1, 0.15) is 0 Å². The molecule has 3 amide bonds.